The van der Waals surface area contributed by atoms with Crippen LogP contribution in [0.2, 0.25) is 0 Å². The molecule has 21 heavy (non-hydrogen) atoms. The van der Waals surface area contributed by atoms with Crippen molar-refractivity contribution in [3.8, 4) is 0 Å². The van der Waals surface area contributed by atoms with E-state index in [2.05, 4.69) is 21.2 Å². The topological polar surface area (TPSA) is 25.2 Å². The molecule has 0 bridgehead atoms. The van der Waals surface area contributed by atoms with Crippen LogP contribution in [0.1, 0.15) is 24.7 Å². The van der Waals surface area contributed by atoms with Crippen molar-refractivity contribution in [1.29, 1.82) is 0 Å². The SMILES string of the molecule is CCNC(CCc1ccco1)Cc1c(F)ccc(Br)c1F. The van der Waals surface area contributed by atoms with Crippen molar-refractivity contribution in [1.82, 2.24) is 5.32 Å². The third-order valence-corrected chi connectivity index (χ3v) is 4.01. The number of furan rings is 1. The van der Waals surface area contributed by atoms with Crippen LogP contribution in [0.3, 0.4) is 0 Å². The number of aryl methyl sites for hydroxylation is 1. The Morgan fingerprint density at radius 2 is 2.10 bits per heavy atom. The molecular weight excluding hydrogens is 340 g/mol. The first-order valence-electron chi connectivity index (χ1n) is 7.00. The summed E-state index contributed by atoms with van der Waals surface area (Å²) in [4.78, 5) is 0. The number of benzene rings is 1. The zero-order valence-corrected chi connectivity index (χ0v) is 13.4. The lowest BCUT2D eigenvalue weighted by Crippen LogP contribution is -2.32. The summed E-state index contributed by atoms with van der Waals surface area (Å²) in [6.07, 6.45) is 3.44. The van der Waals surface area contributed by atoms with Crippen LogP contribution >= 0.6 is 15.9 Å². The molecule has 2 aromatic rings. The van der Waals surface area contributed by atoms with Crippen molar-refractivity contribution in [2.75, 3.05) is 6.54 Å². The highest BCUT2D eigenvalue weighted by atomic mass is 79.9. The van der Waals surface area contributed by atoms with Gasteiger partial charge in [0.25, 0.3) is 0 Å². The van der Waals surface area contributed by atoms with E-state index in [1.807, 2.05) is 19.1 Å². The van der Waals surface area contributed by atoms with Crippen molar-refractivity contribution in [3.05, 3.63) is 58.0 Å². The number of likely N-dealkylation sites (N-methyl/N-ethyl adjacent to an activating group) is 1. The van der Waals surface area contributed by atoms with Gasteiger partial charge in [-0.25, -0.2) is 8.78 Å². The molecule has 1 heterocycles. The fourth-order valence-corrected chi connectivity index (χ4v) is 2.71. The predicted molar refractivity (Wildman–Crippen MR) is 82.3 cm³/mol. The zero-order chi connectivity index (χ0) is 15.2. The quantitative estimate of drug-likeness (QED) is 0.739. The van der Waals surface area contributed by atoms with Gasteiger partial charge in [-0.2, -0.15) is 0 Å². The van der Waals surface area contributed by atoms with E-state index in [1.54, 1.807) is 6.26 Å². The second-order valence-corrected chi connectivity index (χ2v) is 5.75. The van der Waals surface area contributed by atoms with Gasteiger partial charge in [0.1, 0.15) is 17.4 Å². The van der Waals surface area contributed by atoms with Gasteiger partial charge in [-0.15, -0.1) is 0 Å². The minimum atomic E-state index is -0.518. The first kappa shape index (κ1) is 16.2. The molecule has 1 atom stereocenters. The lowest BCUT2D eigenvalue weighted by atomic mass is 10.00. The number of halogens is 3. The maximum Gasteiger partial charge on any atom is 0.143 e. The summed E-state index contributed by atoms with van der Waals surface area (Å²) in [6, 6.07) is 6.42. The Kier molecular flexibility index (Phi) is 5.94. The molecule has 2 nitrogen and oxygen atoms in total. The summed E-state index contributed by atoms with van der Waals surface area (Å²) >= 11 is 3.10. The smallest absolute Gasteiger partial charge is 0.143 e. The fourth-order valence-electron chi connectivity index (χ4n) is 2.34. The summed E-state index contributed by atoms with van der Waals surface area (Å²) < 4.78 is 33.5. The van der Waals surface area contributed by atoms with Crippen LogP contribution in [0.5, 0.6) is 0 Å². The highest BCUT2D eigenvalue weighted by Gasteiger charge is 2.17. The Hall–Kier alpha value is -1.20. The van der Waals surface area contributed by atoms with Gasteiger partial charge in [-0.05, 0) is 59.6 Å². The average molecular weight is 358 g/mol. The van der Waals surface area contributed by atoms with Gasteiger partial charge in [-0.1, -0.05) is 6.92 Å². The molecule has 1 unspecified atom stereocenters. The van der Waals surface area contributed by atoms with Crippen molar-refractivity contribution in [2.45, 2.75) is 32.2 Å². The fraction of sp³-hybridized carbons (Fsp3) is 0.375. The van der Waals surface area contributed by atoms with Gasteiger partial charge >= 0.3 is 0 Å². The van der Waals surface area contributed by atoms with Crippen molar-refractivity contribution < 1.29 is 13.2 Å². The molecular formula is C16H18BrF2NO. The summed E-state index contributed by atoms with van der Waals surface area (Å²) in [6.45, 7) is 2.73. The Balaban J connectivity index is 2.07. The molecule has 0 spiro atoms. The van der Waals surface area contributed by atoms with Crippen LogP contribution in [0, 0.1) is 11.6 Å². The second-order valence-electron chi connectivity index (χ2n) is 4.90. The van der Waals surface area contributed by atoms with E-state index in [4.69, 9.17) is 4.42 Å². The van der Waals surface area contributed by atoms with E-state index < -0.39 is 11.6 Å². The molecule has 5 heteroatoms. The molecule has 0 aliphatic heterocycles. The van der Waals surface area contributed by atoms with Crippen molar-refractivity contribution >= 4 is 15.9 Å². The Bertz CT molecular complexity index is 572. The normalized spacial score (nSPS) is 12.6. The van der Waals surface area contributed by atoms with E-state index in [9.17, 15) is 8.78 Å². The molecule has 1 N–H and O–H groups in total. The third-order valence-electron chi connectivity index (χ3n) is 3.40. The summed E-state index contributed by atoms with van der Waals surface area (Å²) in [5.74, 6) is -0.138. The van der Waals surface area contributed by atoms with E-state index in [0.717, 1.165) is 25.1 Å². The van der Waals surface area contributed by atoms with E-state index >= 15 is 0 Å². The Morgan fingerprint density at radius 1 is 1.29 bits per heavy atom. The summed E-state index contributed by atoms with van der Waals surface area (Å²) in [7, 11) is 0. The molecule has 0 radical (unpaired) electrons. The highest BCUT2D eigenvalue weighted by molar-refractivity contribution is 9.10. The molecule has 0 saturated carbocycles. The zero-order valence-electron chi connectivity index (χ0n) is 11.8. The lowest BCUT2D eigenvalue weighted by Gasteiger charge is -2.18. The van der Waals surface area contributed by atoms with Crippen LogP contribution in [-0.4, -0.2) is 12.6 Å². The first-order chi connectivity index (χ1) is 10.1. The van der Waals surface area contributed by atoms with Crippen LogP contribution < -0.4 is 5.32 Å². The monoisotopic (exact) mass is 357 g/mol. The van der Waals surface area contributed by atoms with Crippen LogP contribution in [0.25, 0.3) is 0 Å². The summed E-state index contributed by atoms with van der Waals surface area (Å²) in [5, 5.41) is 3.28. The van der Waals surface area contributed by atoms with Crippen LogP contribution in [-0.2, 0) is 12.8 Å². The predicted octanol–water partition coefficient (Wildman–Crippen LogP) is 4.47. The van der Waals surface area contributed by atoms with E-state index in [1.165, 1.54) is 12.1 Å². The van der Waals surface area contributed by atoms with Gasteiger partial charge in [0.05, 0.1) is 10.7 Å². The number of hydrogen-bond acceptors (Lipinski definition) is 2. The summed E-state index contributed by atoms with van der Waals surface area (Å²) in [5.41, 5.74) is 0.120. The standard InChI is InChI=1S/C16H18BrF2NO/c1-2-20-11(5-6-12-4-3-9-21-12)10-13-15(18)8-7-14(17)16(13)19/h3-4,7-9,11,20H,2,5-6,10H2,1H3. The van der Waals surface area contributed by atoms with E-state index in [0.29, 0.717) is 10.9 Å². The molecule has 1 aromatic carbocycles. The Labute approximate surface area is 131 Å². The number of rotatable bonds is 7. The maximum atomic E-state index is 14.0. The molecule has 1 aromatic heterocycles. The van der Waals surface area contributed by atoms with Crippen molar-refractivity contribution in [3.63, 3.8) is 0 Å². The molecule has 114 valence electrons. The van der Waals surface area contributed by atoms with Crippen LogP contribution in [0.4, 0.5) is 8.78 Å². The average Bonchev–Trinajstić information content (AvgIpc) is 2.98. The largest absolute Gasteiger partial charge is 0.469 e. The van der Waals surface area contributed by atoms with Gasteiger partial charge in [0.2, 0.25) is 0 Å². The molecule has 0 fully saturated rings. The van der Waals surface area contributed by atoms with Crippen LogP contribution in [0.15, 0.2) is 39.4 Å². The molecule has 2 rings (SSSR count). The number of hydrogen-bond donors (Lipinski definition) is 1. The third kappa shape index (κ3) is 4.38. The van der Waals surface area contributed by atoms with Gasteiger partial charge < -0.3 is 9.73 Å². The molecule has 0 amide bonds. The molecule has 0 saturated heterocycles. The second kappa shape index (κ2) is 7.71. The molecule has 0 aliphatic carbocycles. The van der Waals surface area contributed by atoms with Crippen molar-refractivity contribution in [2.24, 2.45) is 0 Å². The van der Waals surface area contributed by atoms with Gasteiger partial charge in [0.15, 0.2) is 0 Å². The van der Waals surface area contributed by atoms with Gasteiger partial charge in [0, 0.05) is 18.0 Å². The lowest BCUT2D eigenvalue weighted by molar-refractivity contribution is 0.435. The number of nitrogens with one attached hydrogen (secondary N) is 1. The van der Waals surface area contributed by atoms with E-state index in [-0.39, 0.29) is 11.6 Å². The van der Waals surface area contributed by atoms with Gasteiger partial charge in [-0.3, -0.25) is 0 Å². The highest BCUT2D eigenvalue weighted by Crippen LogP contribution is 2.23. The minimum absolute atomic E-state index is 0.00148. The molecule has 0 aliphatic rings. The first-order valence-corrected chi connectivity index (χ1v) is 7.79. The minimum Gasteiger partial charge on any atom is -0.469 e. The maximum absolute atomic E-state index is 14.0. The Morgan fingerprint density at radius 3 is 2.76 bits per heavy atom.